The van der Waals surface area contributed by atoms with Gasteiger partial charge < -0.3 is 0 Å². The van der Waals surface area contributed by atoms with Crippen LogP contribution in [0.1, 0.15) is 20.8 Å². The van der Waals surface area contributed by atoms with Crippen LogP contribution in [0.25, 0.3) is 0 Å². The van der Waals surface area contributed by atoms with E-state index in [1.165, 1.54) is 4.47 Å². The summed E-state index contributed by atoms with van der Waals surface area (Å²) in [6.45, 7) is 6.44. The minimum atomic E-state index is -0.124. The van der Waals surface area contributed by atoms with Crippen LogP contribution < -0.4 is 0 Å². The zero-order valence-corrected chi connectivity index (χ0v) is 9.05. The summed E-state index contributed by atoms with van der Waals surface area (Å²) in [5.74, 6) is -0.00764. The first-order valence-corrected chi connectivity index (χ1v) is 6.49. The van der Waals surface area contributed by atoms with Crippen LogP contribution in [0.3, 0.4) is 0 Å². The van der Waals surface area contributed by atoms with Crippen LogP contribution >= 0.6 is 0 Å². The van der Waals surface area contributed by atoms with Crippen LogP contribution in [-0.4, -0.2) is 33.5 Å². The predicted octanol–water partition coefficient (Wildman–Crippen LogP) is 1.50. The Labute approximate surface area is 72.4 Å². The molecule has 60 valence electrons. The zero-order chi connectivity index (χ0) is 7.98. The molecule has 0 saturated carbocycles. The van der Waals surface area contributed by atoms with Crippen molar-refractivity contribution >= 4 is 26.9 Å². The van der Waals surface area contributed by atoms with Crippen molar-refractivity contribution in [3.8, 4) is 0 Å². The van der Waals surface area contributed by atoms with Gasteiger partial charge in [0.15, 0.2) is 0 Å². The number of hydrogen-bond acceptors (Lipinski definition) is 2. The average molecular weight is 258 g/mol. The van der Waals surface area contributed by atoms with Gasteiger partial charge in [0.25, 0.3) is 0 Å². The number of carbonyl (C=O) groups excluding carboxylic acids is 1. The number of carbonyl (C=O) groups is 1. The molecule has 10 heavy (non-hydrogen) atoms. The van der Waals surface area contributed by atoms with Crippen LogP contribution in [-0.2, 0) is 9.53 Å². The molecule has 0 aliphatic carbocycles. The number of hydrogen-bond donors (Lipinski definition) is 0. The maximum atomic E-state index is 10.9. The molecule has 0 amide bonds. The third-order valence-corrected chi connectivity index (χ3v) is 3.96. The molecule has 0 radical (unpaired) electrons. The van der Waals surface area contributed by atoms with Crippen molar-refractivity contribution in [1.82, 2.24) is 0 Å². The van der Waals surface area contributed by atoms with E-state index in [1.807, 2.05) is 13.8 Å². The first-order valence-electron chi connectivity index (χ1n) is 3.50. The summed E-state index contributed by atoms with van der Waals surface area (Å²) in [6.07, 6.45) is 0. The van der Waals surface area contributed by atoms with Gasteiger partial charge in [-0.3, -0.25) is 0 Å². The second kappa shape index (κ2) is 6.00. The van der Waals surface area contributed by atoms with Gasteiger partial charge in [0.1, 0.15) is 0 Å². The Morgan fingerprint density at radius 1 is 1.60 bits per heavy atom. The molecule has 2 nitrogen and oxygen atoms in total. The molecule has 0 rings (SSSR count). The molecule has 0 aliphatic rings. The molecule has 0 heterocycles. The molecule has 1 atom stereocenters. The summed E-state index contributed by atoms with van der Waals surface area (Å²) in [5.41, 5.74) is 0. The molecule has 0 N–H and O–H groups in total. The van der Waals surface area contributed by atoms with Crippen molar-refractivity contribution in [2.75, 3.05) is 6.61 Å². The van der Waals surface area contributed by atoms with Crippen molar-refractivity contribution in [1.29, 1.82) is 0 Å². The van der Waals surface area contributed by atoms with Crippen molar-refractivity contribution in [2.45, 2.75) is 29.2 Å². The van der Waals surface area contributed by atoms with Crippen molar-refractivity contribution in [3.05, 3.63) is 0 Å². The summed E-state index contributed by atoms with van der Waals surface area (Å²) in [6, 6.07) is 0. The van der Waals surface area contributed by atoms with Gasteiger partial charge in [-0.2, -0.15) is 0 Å². The van der Waals surface area contributed by atoms with Gasteiger partial charge in [-0.25, -0.2) is 0 Å². The molecular formula is C7H14O2Te. The summed E-state index contributed by atoms with van der Waals surface area (Å²) in [5, 5.41) is 0. The van der Waals surface area contributed by atoms with Gasteiger partial charge >= 0.3 is 72.2 Å². The minimum absolute atomic E-state index is 0.00764. The van der Waals surface area contributed by atoms with E-state index in [1.54, 1.807) is 0 Å². The molecule has 0 saturated heterocycles. The van der Waals surface area contributed by atoms with Gasteiger partial charge in [0, 0.05) is 0 Å². The Bertz CT molecular complexity index is 104. The van der Waals surface area contributed by atoms with Gasteiger partial charge in [-0.05, 0) is 0 Å². The number of rotatable bonds is 4. The first kappa shape index (κ1) is 10.3. The van der Waals surface area contributed by atoms with Crippen molar-refractivity contribution in [3.63, 3.8) is 0 Å². The van der Waals surface area contributed by atoms with Crippen LogP contribution in [0.5, 0.6) is 0 Å². The van der Waals surface area contributed by atoms with Crippen molar-refractivity contribution < 1.29 is 9.53 Å². The molecule has 0 aromatic carbocycles. The quantitative estimate of drug-likeness (QED) is 0.564. The Kier molecular flexibility index (Phi) is 6.16. The Morgan fingerprint density at radius 3 is 2.60 bits per heavy atom. The van der Waals surface area contributed by atoms with Gasteiger partial charge in [0.2, 0.25) is 0 Å². The van der Waals surface area contributed by atoms with Crippen LogP contribution in [0.4, 0.5) is 0 Å². The molecule has 3 heteroatoms. The normalized spacial score (nSPS) is 12.7. The standard InChI is InChI=1S/C7H14O2Te/c1-4-9-7(8)6(3)10-5-2/h6H,4-5H2,1-3H3. The Morgan fingerprint density at radius 2 is 2.20 bits per heavy atom. The van der Waals surface area contributed by atoms with Gasteiger partial charge in [-0.1, -0.05) is 0 Å². The Balaban J connectivity index is 3.49. The van der Waals surface area contributed by atoms with Gasteiger partial charge in [0.05, 0.1) is 0 Å². The van der Waals surface area contributed by atoms with E-state index in [9.17, 15) is 4.79 Å². The van der Waals surface area contributed by atoms with E-state index in [4.69, 9.17) is 4.74 Å². The number of ether oxygens (including phenoxy) is 1. The summed E-state index contributed by atoms with van der Waals surface area (Å²) >= 11 is -0.124. The molecule has 0 fully saturated rings. The number of esters is 1. The fourth-order valence-corrected chi connectivity index (χ4v) is 2.59. The predicted molar refractivity (Wildman–Crippen MR) is 42.3 cm³/mol. The zero-order valence-electron chi connectivity index (χ0n) is 6.72. The molecular weight excluding hydrogens is 244 g/mol. The van der Waals surface area contributed by atoms with E-state index >= 15 is 0 Å². The molecule has 0 aromatic heterocycles. The van der Waals surface area contributed by atoms with E-state index in [2.05, 4.69) is 6.92 Å². The van der Waals surface area contributed by atoms with E-state index < -0.39 is 0 Å². The SMILES string of the molecule is CCOC(=O)C(C)[Te]CC. The van der Waals surface area contributed by atoms with Crippen molar-refractivity contribution in [2.24, 2.45) is 0 Å². The average Bonchev–Trinajstić information content (AvgIpc) is 1.89. The van der Waals surface area contributed by atoms with E-state index in [-0.39, 0.29) is 30.9 Å². The van der Waals surface area contributed by atoms with E-state index in [0.29, 0.717) is 6.61 Å². The van der Waals surface area contributed by atoms with Crippen LogP contribution in [0.15, 0.2) is 0 Å². The Hall–Kier alpha value is 0.260. The summed E-state index contributed by atoms with van der Waals surface area (Å²) in [7, 11) is 0. The molecule has 0 bridgehead atoms. The third kappa shape index (κ3) is 4.14. The second-order valence-electron chi connectivity index (χ2n) is 1.85. The molecule has 1 unspecified atom stereocenters. The summed E-state index contributed by atoms with van der Waals surface area (Å²) < 4.78 is 6.23. The third-order valence-electron chi connectivity index (χ3n) is 1.04. The topological polar surface area (TPSA) is 26.3 Å². The van der Waals surface area contributed by atoms with Crippen LogP contribution in [0, 0.1) is 0 Å². The second-order valence-corrected chi connectivity index (χ2v) is 6.47. The molecule has 0 aliphatic heterocycles. The monoisotopic (exact) mass is 260 g/mol. The fourth-order valence-electron chi connectivity index (χ4n) is 0.578. The fraction of sp³-hybridized carbons (Fsp3) is 0.857. The molecule has 0 aromatic rings. The summed E-state index contributed by atoms with van der Waals surface area (Å²) in [4.78, 5) is 10.9. The van der Waals surface area contributed by atoms with Crippen LogP contribution in [0.2, 0.25) is 8.43 Å². The molecule has 0 spiro atoms. The van der Waals surface area contributed by atoms with E-state index in [0.717, 1.165) is 0 Å². The maximum absolute atomic E-state index is 10.9. The first-order chi connectivity index (χ1) is 4.72. The van der Waals surface area contributed by atoms with Gasteiger partial charge in [-0.15, -0.1) is 0 Å².